The SMILES string of the molecule is Cc1cc(-c2cnc(N3CCN(C)CC3)nc2C2CCCN(C(=O)c3ccco3)C2)on1. The van der Waals surface area contributed by atoms with Gasteiger partial charge in [-0.15, -0.1) is 0 Å². The normalized spacial score (nSPS) is 20.0. The van der Waals surface area contributed by atoms with E-state index in [9.17, 15) is 4.79 Å². The quantitative estimate of drug-likeness (QED) is 0.617. The highest BCUT2D eigenvalue weighted by Gasteiger charge is 2.31. The van der Waals surface area contributed by atoms with E-state index in [0.29, 0.717) is 24.6 Å². The molecule has 1 atom stereocenters. The zero-order valence-corrected chi connectivity index (χ0v) is 18.5. The first-order valence-corrected chi connectivity index (χ1v) is 11.2. The highest BCUT2D eigenvalue weighted by molar-refractivity contribution is 5.91. The summed E-state index contributed by atoms with van der Waals surface area (Å²) in [6, 6.07) is 5.36. The van der Waals surface area contributed by atoms with Crippen LogP contribution in [0.2, 0.25) is 0 Å². The molecule has 3 aromatic heterocycles. The Balaban J connectivity index is 1.47. The average molecular weight is 437 g/mol. The molecule has 2 saturated heterocycles. The predicted octanol–water partition coefficient (Wildman–Crippen LogP) is 2.80. The summed E-state index contributed by atoms with van der Waals surface area (Å²) in [7, 11) is 2.13. The van der Waals surface area contributed by atoms with Crippen LogP contribution in [0.1, 0.15) is 40.7 Å². The number of nitrogens with zero attached hydrogens (tertiary/aromatic N) is 6. The van der Waals surface area contributed by atoms with Gasteiger partial charge in [0.15, 0.2) is 11.5 Å². The van der Waals surface area contributed by atoms with Crippen LogP contribution in [0, 0.1) is 6.92 Å². The number of hydrogen-bond donors (Lipinski definition) is 0. The molecule has 0 aliphatic carbocycles. The first kappa shape index (κ1) is 20.7. The average Bonchev–Trinajstić information content (AvgIpc) is 3.51. The molecule has 0 radical (unpaired) electrons. The predicted molar refractivity (Wildman–Crippen MR) is 119 cm³/mol. The van der Waals surface area contributed by atoms with Crippen LogP contribution in [-0.2, 0) is 0 Å². The minimum Gasteiger partial charge on any atom is -0.459 e. The van der Waals surface area contributed by atoms with Crippen LogP contribution < -0.4 is 4.90 Å². The number of aromatic nitrogens is 3. The second kappa shape index (κ2) is 8.74. The maximum atomic E-state index is 12.9. The van der Waals surface area contributed by atoms with Crippen molar-refractivity contribution in [1.82, 2.24) is 24.9 Å². The van der Waals surface area contributed by atoms with Crippen molar-refractivity contribution in [3.8, 4) is 11.3 Å². The largest absolute Gasteiger partial charge is 0.459 e. The number of furan rings is 1. The van der Waals surface area contributed by atoms with E-state index in [2.05, 4.69) is 27.0 Å². The fourth-order valence-electron chi connectivity index (χ4n) is 4.48. The number of carbonyl (C=O) groups is 1. The van der Waals surface area contributed by atoms with Crippen molar-refractivity contribution in [3.63, 3.8) is 0 Å². The third kappa shape index (κ3) is 4.12. The Morgan fingerprint density at radius 1 is 1.19 bits per heavy atom. The van der Waals surface area contributed by atoms with Crippen LogP contribution in [0.15, 0.2) is 39.6 Å². The Hall–Kier alpha value is -3.20. The van der Waals surface area contributed by atoms with Crippen molar-refractivity contribution in [2.24, 2.45) is 0 Å². The molecule has 168 valence electrons. The van der Waals surface area contributed by atoms with Gasteiger partial charge in [-0.3, -0.25) is 4.79 Å². The lowest BCUT2D eigenvalue weighted by Gasteiger charge is -2.34. The van der Waals surface area contributed by atoms with E-state index in [-0.39, 0.29) is 11.8 Å². The zero-order chi connectivity index (χ0) is 22.1. The first-order chi connectivity index (χ1) is 15.6. The van der Waals surface area contributed by atoms with Gasteiger partial charge in [0.1, 0.15) is 0 Å². The van der Waals surface area contributed by atoms with E-state index >= 15 is 0 Å². The van der Waals surface area contributed by atoms with E-state index in [0.717, 1.165) is 61.9 Å². The van der Waals surface area contributed by atoms with E-state index < -0.39 is 0 Å². The zero-order valence-electron chi connectivity index (χ0n) is 18.5. The fourth-order valence-corrected chi connectivity index (χ4v) is 4.48. The van der Waals surface area contributed by atoms with Crippen LogP contribution >= 0.6 is 0 Å². The minimum absolute atomic E-state index is 0.0786. The smallest absolute Gasteiger partial charge is 0.289 e. The Bertz CT molecular complexity index is 1070. The fraction of sp³-hybridized carbons (Fsp3) is 0.478. The van der Waals surface area contributed by atoms with Gasteiger partial charge in [0.2, 0.25) is 5.95 Å². The Morgan fingerprint density at radius 2 is 2.03 bits per heavy atom. The molecule has 0 aromatic carbocycles. The van der Waals surface area contributed by atoms with Gasteiger partial charge in [-0.2, -0.15) is 0 Å². The summed E-state index contributed by atoms with van der Waals surface area (Å²) in [5.41, 5.74) is 2.58. The lowest BCUT2D eigenvalue weighted by Crippen LogP contribution is -2.45. The molecule has 2 fully saturated rings. The molecule has 0 spiro atoms. The minimum atomic E-state index is -0.0786. The molecule has 5 rings (SSSR count). The molecule has 32 heavy (non-hydrogen) atoms. The number of anilines is 1. The number of piperidine rings is 1. The number of aryl methyl sites for hydroxylation is 1. The van der Waals surface area contributed by atoms with E-state index in [1.54, 1.807) is 12.1 Å². The molecule has 5 heterocycles. The molecule has 1 amide bonds. The van der Waals surface area contributed by atoms with Gasteiger partial charge in [-0.25, -0.2) is 9.97 Å². The number of likely N-dealkylation sites (tertiary alicyclic amines) is 1. The standard InChI is InChI=1S/C23H28N6O3/c1-16-13-20(32-26-16)18-14-24-23(28-10-8-27(2)9-11-28)25-21(18)17-5-3-7-29(15-17)22(30)19-6-4-12-31-19/h4,6,12-14,17H,3,5,7-11,15H2,1-2H3. The molecule has 2 aliphatic heterocycles. The maximum Gasteiger partial charge on any atom is 0.289 e. The molecular formula is C23H28N6O3. The summed E-state index contributed by atoms with van der Waals surface area (Å²) in [5, 5.41) is 4.05. The Labute approximate surface area is 187 Å². The number of piperazine rings is 1. The second-order valence-electron chi connectivity index (χ2n) is 8.66. The molecule has 1 unspecified atom stereocenters. The number of likely N-dealkylation sites (N-methyl/N-ethyl adjacent to an activating group) is 1. The summed E-state index contributed by atoms with van der Waals surface area (Å²) in [4.78, 5) is 29.0. The number of rotatable bonds is 4. The summed E-state index contributed by atoms with van der Waals surface area (Å²) in [5.74, 6) is 1.78. The highest BCUT2D eigenvalue weighted by Crippen LogP contribution is 2.35. The van der Waals surface area contributed by atoms with E-state index in [1.807, 2.05) is 24.1 Å². The van der Waals surface area contributed by atoms with Gasteiger partial charge in [0, 0.05) is 57.4 Å². The molecule has 9 heteroatoms. The van der Waals surface area contributed by atoms with Gasteiger partial charge < -0.3 is 23.6 Å². The van der Waals surface area contributed by atoms with Gasteiger partial charge in [-0.05, 0) is 38.9 Å². The van der Waals surface area contributed by atoms with E-state index in [1.165, 1.54) is 6.26 Å². The van der Waals surface area contributed by atoms with Crippen molar-refractivity contribution < 1.29 is 13.7 Å². The van der Waals surface area contributed by atoms with Crippen LogP contribution in [-0.4, -0.2) is 77.1 Å². The highest BCUT2D eigenvalue weighted by atomic mass is 16.5. The molecule has 9 nitrogen and oxygen atoms in total. The van der Waals surface area contributed by atoms with Crippen molar-refractivity contribution in [2.45, 2.75) is 25.7 Å². The van der Waals surface area contributed by atoms with Gasteiger partial charge >= 0.3 is 0 Å². The summed E-state index contributed by atoms with van der Waals surface area (Å²) >= 11 is 0. The van der Waals surface area contributed by atoms with Crippen LogP contribution in [0.25, 0.3) is 11.3 Å². The topological polar surface area (TPSA) is 91.7 Å². The van der Waals surface area contributed by atoms with Crippen molar-refractivity contribution in [3.05, 3.63) is 47.8 Å². The Morgan fingerprint density at radius 3 is 2.75 bits per heavy atom. The third-order valence-corrected chi connectivity index (χ3v) is 6.31. The number of amides is 1. The molecule has 0 N–H and O–H groups in total. The van der Waals surface area contributed by atoms with Gasteiger partial charge in [-0.1, -0.05) is 5.16 Å². The summed E-state index contributed by atoms with van der Waals surface area (Å²) in [6.45, 7) is 6.95. The first-order valence-electron chi connectivity index (χ1n) is 11.2. The molecule has 0 bridgehead atoms. The molecule has 0 saturated carbocycles. The van der Waals surface area contributed by atoms with Crippen LogP contribution in [0.3, 0.4) is 0 Å². The number of hydrogen-bond acceptors (Lipinski definition) is 8. The van der Waals surface area contributed by atoms with Gasteiger partial charge in [0.25, 0.3) is 5.91 Å². The molecular weight excluding hydrogens is 408 g/mol. The maximum absolute atomic E-state index is 12.9. The van der Waals surface area contributed by atoms with Crippen molar-refractivity contribution in [1.29, 1.82) is 0 Å². The number of carbonyl (C=O) groups excluding carboxylic acids is 1. The van der Waals surface area contributed by atoms with Crippen molar-refractivity contribution in [2.75, 3.05) is 51.2 Å². The Kier molecular flexibility index (Phi) is 5.65. The second-order valence-corrected chi connectivity index (χ2v) is 8.66. The van der Waals surface area contributed by atoms with Crippen LogP contribution in [0.4, 0.5) is 5.95 Å². The van der Waals surface area contributed by atoms with Crippen molar-refractivity contribution >= 4 is 11.9 Å². The molecule has 2 aliphatic rings. The lowest BCUT2D eigenvalue weighted by atomic mass is 9.91. The third-order valence-electron chi connectivity index (χ3n) is 6.31. The molecule has 3 aromatic rings. The van der Waals surface area contributed by atoms with E-state index in [4.69, 9.17) is 13.9 Å². The monoisotopic (exact) mass is 436 g/mol. The summed E-state index contributed by atoms with van der Waals surface area (Å²) < 4.78 is 10.9. The van der Waals surface area contributed by atoms with Gasteiger partial charge in [0.05, 0.1) is 23.2 Å². The summed E-state index contributed by atoms with van der Waals surface area (Å²) in [6.07, 6.45) is 5.23. The van der Waals surface area contributed by atoms with Crippen LogP contribution in [0.5, 0.6) is 0 Å². The lowest BCUT2D eigenvalue weighted by molar-refractivity contribution is 0.0674.